The molecule has 1 amide bonds. The summed E-state index contributed by atoms with van der Waals surface area (Å²) in [6.07, 6.45) is 0.409. The minimum atomic E-state index is 0.00190. The van der Waals surface area contributed by atoms with Crippen LogP contribution >= 0.6 is 0 Å². The maximum atomic E-state index is 11.4. The molecule has 6 nitrogen and oxygen atoms in total. The number of aryl methyl sites for hydroxylation is 2. The molecule has 0 aliphatic heterocycles. The van der Waals surface area contributed by atoms with Gasteiger partial charge in [0.1, 0.15) is 11.6 Å². The van der Waals surface area contributed by atoms with Gasteiger partial charge in [-0.15, -0.1) is 0 Å². The first kappa shape index (κ1) is 14.4. The van der Waals surface area contributed by atoms with Gasteiger partial charge in [-0.05, 0) is 13.8 Å². The molecule has 0 aliphatic rings. The lowest BCUT2D eigenvalue weighted by Crippen LogP contribution is -2.28. The summed E-state index contributed by atoms with van der Waals surface area (Å²) in [4.78, 5) is 19.8. The van der Waals surface area contributed by atoms with Crippen molar-refractivity contribution in [2.24, 2.45) is 0 Å². The van der Waals surface area contributed by atoms with E-state index in [0.29, 0.717) is 26.1 Å². The summed E-state index contributed by atoms with van der Waals surface area (Å²) in [5.74, 6) is 1.48. The van der Waals surface area contributed by atoms with Gasteiger partial charge in [-0.3, -0.25) is 4.79 Å². The summed E-state index contributed by atoms with van der Waals surface area (Å²) in [5, 5.41) is 5.86. The molecule has 0 saturated heterocycles. The molecular weight excluding hydrogens is 232 g/mol. The molecule has 0 bridgehead atoms. The number of amides is 1. The summed E-state index contributed by atoms with van der Waals surface area (Å²) in [6.45, 7) is 5.38. The van der Waals surface area contributed by atoms with Crippen LogP contribution in [0.15, 0.2) is 6.07 Å². The molecular formula is C12H20N4O2. The van der Waals surface area contributed by atoms with Gasteiger partial charge in [0.15, 0.2) is 0 Å². The summed E-state index contributed by atoms with van der Waals surface area (Å²) >= 11 is 0. The first-order valence-corrected chi connectivity index (χ1v) is 5.93. The second-order valence-corrected chi connectivity index (χ2v) is 3.96. The summed E-state index contributed by atoms with van der Waals surface area (Å²) in [7, 11) is 1.60. The SMILES string of the molecule is COCCNC(=O)CCNc1cc(C)nc(C)n1. The smallest absolute Gasteiger partial charge is 0.221 e. The van der Waals surface area contributed by atoms with Crippen molar-refractivity contribution in [2.45, 2.75) is 20.3 Å². The average molecular weight is 252 g/mol. The number of carbonyl (C=O) groups excluding carboxylic acids is 1. The monoisotopic (exact) mass is 252 g/mol. The molecule has 0 radical (unpaired) electrons. The summed E-state index contributed by atoms with van der Waals surface area (Å²) in [6, 6.07) is 1.86. The molecule has 0 fully saturated rings. The highest BCUT2D eigenvalue weighted by Crippen LogP contribution is 2.05. The van der Waals surface area contributed by atoms with Crippen LogP contribution in [-0.4, -0.2) is 42.7 Å². The first-order chi connectivity index (χ1) is 8.61. The standard InChI is InChI=1S/C12H20N4O2/c1-9-8-11(16-10(2)15-9)13-5-4-12(17)14-6-7-18-3/h8H,4-7H2,1-3H3,(H,14,17)(H,13,15,16). The second kappa shape index (κ2) is 7.60. The van der Waals surface area contributed by atoms with E-state index in [9.17, 15) is 4.79 Å². The van der Waals surface area contributed by atoms with Gasteiger partial charge in [-0.1, -0.05) is 0 Å². The average Bonchev–Trinajstić information content (AvgIpc) is 2.28. The van der Waals surface area contributed by atoms with Gasteiger partial charge >= 0.3 is 0 Å². The Hall–Kier alpha value is -1.69. The maximum absolute atomic E-state index is 11.4. The van der Waals surface area contributed by atoms with Crippen molar-refractivity contribution in [3.05, 3.63) is 17.6 Å². The number of nitrogens with one attached hydrogen (secondary N) is 2. The van der Waals surface area contributed by atoms with Gasteiger partial charge in [0.2, 0.25) is 5.91 Å². The van der Waals surface area contributed by atoms with E-state index in [4.69, 9.17) is 4.74 Å². The zero-order valence-electron chi connectivity index (χ0n) is 11.1. The second-order valence-electron chi connectivity index (χ2n) is 3.96. The Morgan fingerprint density at radius 2 is 2.11 bits per heavy atom. The third kappa shape index (κ3) is 5.58. The molecule has 1 heterocycles. The lowest BCUT2D eigenvalue weighted by molar-refractivity contribution is -0.121. The molecule has 0 saturated carbocycles. The summed E-state index contributed by atoms with van der Waals surface area (Å²) < 4.78 is 4.85. The van der Waals surface area contributed by atoms with Gasteiger partial charge in [0.05, 0.1) is 6.61 Å². The molecule has 6 heteroatoms. The van der Waals surface area contributed by atoms with Crippen LogP contribution in [-0.2, 0) is 9.53 Å². The van der Waals surface area contributed by atoms with Crippen LogP contribution in [0.4, 0.5) is 5.82 Å². The van der Waals surface area contributed by atoms with Gasteiger partial charge in [0.25, 0.3) is 0 Å². The van der Waals surface area contributed by atoms with Crippen LogP contribution < -0.4 is 10.6 Å². The van der Waals surface area contributed by atoms with Crippen LogP contribution in [0.2, 0.25) is 0 Å². The number of hydrogen-bond acceptors (Lipinski definition) is 5. The summed E-state index contributed by atoms with van der Waals surface area (Å²) in [5.41, 5.74) is 0.912. The predicted octanol–water partition coefficient (Wildman–Crippen LogP) is 0.658. The van der Waals surface area contributed by atoms with Crippen molar-refractivity contribution < 1.29 is 9.53 Å². The van der Waals surface area contributed by atoms with Crippen LogP contribution in [0.3, 0.4) is 0 Å². The fraction of sp³-hybridized carbons (Fsp3) is 0.583. The van der Waals surface area contributed by atoms with Crippen molar-refractivity contribution in [3.8, 4) is 0 Å². The Labute approximate surface area is 107 Å². The lowest BCUT2D eigenvalue weighted by atomic mass is 10.3. The minimum Gasteiger partial charge on any atom is -0.383 e. The largest absolute Gasteiger partial charge is 0.383 e. The molecule has 100 valence electrons. The van der Waals surface area contributed by atoms with E-state index in [-0.39, 0.29) is 5.91 Å². The van der Waals surface area contributed by atoms with E-state index in [1.807, 2.05) is 19.9 Å². The van der Waals surface area contributed by atoms with E-state index in [1.165, 1.54) is 0 Å². The van der Waals surface area contributed by atoms with Crippen LogP contribution in [0.1, 0.15) is 17.9 Å². The Bertz CT molecular complexity index is 375. The van der Waals surface area contributed by atoms with Crippen molar-refractivity contribution in [1.82, 2.24) is 15.3 Å². The molecule has 0 atom stereocenters. The molecule has 0 spiro atoms. The Balaban J connectivity index is 2.26. The van der Waals surface area contributed by atoms with Gasteiger partial charge in [0, 0.05) is 38.4 Å². The van der Waals surface area contributed by atoms with Crippen LogP contribution in [0.25, 0.3) is 0 Å². The van der Waals surface area contributed by atoms with Gasteiger partial charge in [-0.25, -0.2) is 9.97 Å². The minimum absolute atomic E-state index is 0.00190. The van der Waals surface area contributed by atoms with E-state index in [2.05, 4.69) is 20.6 Å². The highest BCUT2D eigenvalue weighted by molar-refractivity contribution is 5.76. The first-order valence-electron chi connectivity index (χ1n) is 5.93. The quantitative estimate of drug-likeness (QED) is 0.697. The van der Waals surface area contributed by atoms with Crippen molar-refractivity contribution >= 4 is 11.7 Å². The van der Waals surface area contributed by atoms with Crippen LogP contribution in [0.5, 0.6) is 0 Å². The predicted molar refractivity (Wildman–Crippen MR) is 69.5 cm³/mol. The fourth-order valence-corrected chi connectivity index (χ4v) is 1.49. The topological polar surface area (TPSA) is 76.1 Å². The normalized spacial score (nSPS) is 10.2. The molecule has 0 aliphatic carbocycles. The number of rotatable bonds is 7. The molecule has 18 heavy (non-hydrogen) atoms. The van der Waals surface area contributed by atoms with E-state index < -0.39 is 0 Å². The zero-order chi connectivity index (χ0) is 13.4. The maximum Gasteiger partial charge on any atom is 0.221 e. The van der Waals surface area contributed by atoms with Crippen molar-refractivity contribution in [1.29, 1.82) is 0 Å². The number of carbonyl (C=O) groups is 1. The lowest BCUT2D eigenvalue weighted by Gasteiger charge is -2.07. The molecule has 2 N–H and O–H groups in total. The highest BCUT2D eigenvalue weighted by atomic mass is 16.5. The molecule has 1 rings (SSSR count). The number of nitrogens with zero attached hydrogens (tertiary/aromatic N) is 2. The molecule has 0 unspecified atom stereocenters. The van der Waals surface area contributed by atoms with Crippen LogP contribution in [0, 0.1) is 13.8 Å². The van der Waals surface area contributed by atoms with E-state index >= 15 is 0 Å². The fourth-order valence-electron chi connectivity index (χ4n) is 1.49. The Morgan fingerprint density at radius 3 is 2.78 bits per heavy atom. The van der Waals surface area contributed by atoms with E-state index in [1.54, 1.807) is 7.11 Å². The third-order valence-electron chi connectivity index (χ3n) is 2.25. The Morgan fingerprint density at radius 1 is 1.33 bits per heavy atom. The Kier molecular flexibility index (Phi) is 6.07. The third-order valence-corrected chi connectivity index (χ3v) is 2.25. The zero-order valence-corrected chi connectivity index (χ0v) is 11.1. The number of hydrogen-bond donors (Lipinski definition) is 2. The molecule has 1 aromatic rings. The molecule has 0 aromatic carbocycles. The molecule has 1 aromatic heterocycles. The van der Waals surface area contributed by atoms with E-state index in [0.717, 1.165) is 17.3 Å². The number of anilines is 1. The van der Waals surface area contributed by atoms with Gasteiger partial charge in [-0.2, -0.15) is 0 Å². The van der Waals surface area contributed by atoms with Gasteiger partial charge < -0.3 is 15.4 Å². The highest BCUT2D eigenvalue weighted by Gasteiger charge is 2.02. The number of methoxy groups -OCH3 is 1. The number of aromatic nitrogens is 2. The van der Waals surface area contributed by atoms with Crippen molar-refractivity contribution in [3.63, 3.8) is 0 Å². The number of ether oxygens (including phenoxy) is 1. The van der Waals surface area contributed by atoms with Crippen molar-refractivity contribution in [2.75, 3.05) is 32.1 Å².